The number of fused-ring (bicyclic) bond motifs is 5. The van der Waals surface area contributed by atoms with Crippen molar-refractivity contribution in [2.45, 2.75) is 90.8 Å². The Kier molecular flexibility index (Phi) is 4.72. The van der Waals surface area contributed by atoms with Crippen molar-refractivity contribution in [3.8, 4) is 0 Å². The Labute approximate surface area is 172 Å². The van der Waals surface area contributed by atoms with Gasteiger partial charge in [-0.1, -0.05) is 36.7 Å². The average Bonchev–Trinajstić information content (AvgIpc) is 2.88. The van der Waals surface area contributed by atoms with E-state index in [0.29, 0.717) is 35.8 Å². The molecular weight excluding hydrogens is 407 g/mol. The lowest BCUT2D eigenvalue weighted by Crippen LogP contribution is -2.62. The molecule has 154 valence electrons. The van der Waals surface area contributed by atoms with Crippen molar-refractivity contribution in [1.82, 2.24) is 0 Å². The second-order valence-corrected chi connectivity index (χ2v) is 11.9. The number of hydrogen-bond donors (Lipinski definition) is 1. The fourth-order valence-electron chi connectivity index (χ4n) is 8.52. The molecule has 4 aliphatic carbocycles. The van der Waals surface area contributed by atoms with E-state index in [1.165, 1.54) is 0 Å². The lowest BCUT2D eigenvalue weighted by atomic mass is 9.38. The largest absolute Gasteiger partial charge is 0.390 e. The molecule has 0 heterocycles. The lowest BCUT2D eigenvalue weighted by Gasteiger charge is -2.66. The van der Waals surface area contributed by atoms with Crippen molar-refractivity contribution >= 4 is 21.7 Å². The van der Waals surface area contributed by atoms with Crippen LogP contribution in [0.25, 0.3) is 0 Å². The highest BCUT2D eigenvalue weighted by molar-refractivity contribution is 9.09. The van der Waals surface area contributed by atoms with Crippen LogP contribution in [0.1, 0.15) is 79.1 Å². The van der Waals surface area contributed by atoms with Crippen LogP contribution in [0.3, 0.4) is 0 Å². The van der Waals surface area contributed by atoms with Crippen molar-refractivity contribution in [3.63, 3.8) is 0 Å². The second kappa shape index (κ2) is 6.27. The van der Waals surface area contributed by atoms with Gasteiger partial charge in [-0.15, -0.1) is 0 Å². The summed E-state index contributed by atoms with van der Waals surface area (Å²) in [4.78, 5) is 12.7. The molecule has 27 heavy (non-hydrogen) atoms. The molecule has 4 saturated carbocycles. The fraction of sp³-hybridized carbons (Fsp3) is 0.957. The quantitative estimate of drug-likeness (QED) is 0.556. The molecule has 0 unspecified atom stereocenters. The van der Waals surface area contributed by atoms with E-state index in [4.69, 9.17) is 0 Å². The van der Waals surface area contributed by atoms with Gasteiger partial charge in [-0.05, 0) is 92.3 Å². The van der Waals surface area contributed by atoms with Gasteiger partial charge in [0.05, 0.1) is 10.9 Å². The number of carbonyl (C=O) groups excluding carboxylic acids is 1. The van der Waals surface area contributed by atoms with Crippen LogP contribution in [-0.2, 0) is 4.79 Å². The normalized spacial score (nSPS) is 57.5. The standard InChI is InChI=1S/C23H36BrFO2/c1-20(27)7-5-15-14(12-20)17(25)11-19-21(15,2)9-10-22(3)16(18(26)13-24)6-8-23(19,22)4/h14-17,19,27H,5-13H2,1-4H3/t14-,15-,16+,17+,19+,20+,21+,22+,23-/m0/s1. The van der Waals surface area contributed by atoms with Gasteiger partial charge in [0.25, 0.3) is 0 Å². The van der Waals surface area contributed by atoms with Gasteiger partial charge in [0, 0.05) is 5.92 Å². The maximum atomic E-state index is 15.5. The van der Waals surface area contributed by atoms with Crippen LogP contribution in [0.15, 0.2) is 0 Å². The highest BCUT2D eigenvalue weighted by Gasteiger charge is 2.69. The Morgan fingerprint density at radius 2 is 1.78 bits per heavy atom. The van der Waals surface area contributed by atoms with Crippen LogP contribution in [0.2, 0.25) is 0 Å². The number of carbonyl (C=O) groups is 1. The van der Waals surface area contributed by atoms with E-state index in [9.17, 15) is 9.90 Å². The van der Waals surface area contributed by atoms with Crippen LogP contribution in [0.4, 0.5) is 4.39 Å². The molecule has 0 spiro atoms. The first-order valence-corrected chi connectivity index (χ1v) is 12.1. The van der Waals surface area contributed by atoms with E-state index in [0.717, 1.165) is 38.5 Å². The van der Waals surface area contributed by atoms with Crippen molar-refractivity contribution in [1.29, 1.82) is 0 Å². The molecule has 0 saturated heterocycles. The Morgan fingerprint density at radius 3 is 2.44 bits per heavy atom. The summed E-state index contributed by atoms with van der Waals surface area (Å²) in [5.41, 5.74) is -0.528. The minimum Gasteiger partial charge on any atom is -0.390 e. The van der Waals surface area contributed by atoms with Gasteiger partial charge >= 0.3 is 0 Å². The predicted molar refractivity (Wildman–Crippen MR) is 110 cm³/mol. The lowest BCUT2D eigenvalue weighted by molar-refractivity contribution is -0.201. The van der Waals surface area contributed by atoms with Gasteiger partial charge in [0.2, 0.25) is 0 Å². The van der Waals surface area contributed by atoms with Crippen molar-refractivity contribution < 1.29 is 14.3 Å². The number of ketones is 1. The van der Waals surface area contributed by atoms with Gasteiger partial charge in [-0.3, -0.25) is 4.79 Å². The second-order valence-electron chi connectivity index (χ2n) is 11.3. The van der Waals surface area contributed by atoms with E-state index >= 15 is 4.39 Å². The zero-order valence-corrected chi connectivity index (χ0v) is 18.9. The third-order valence-electron chi connectivity index (χ3n) is 10.3. The molecule has 0 radical (unpaired) electrons. The van der Waals surface area contributed by atoms with Crippen LogP contribution in [0.5, 0.6) is 0 Å². The molecule has 1 N–H and O–H groups in total. The van der Waals surface area contributed by atoms with Gasteiger partial charge in [-0.25, -0.2) is 4.39 Å². The Hall–Kier alpha value is 0.0400. The van der Waals surface area contributed by atoms with E-state index in [1.807, 2.05) is 6.92 Å². The summed E-state index contributed by atoms with van der Waals surface area (Å²) in [6.45, 7) is 9.02. The summed E-state index contributed by atoms with van der Waals surface area (Å²) in [6.07, 6.45) is 6.35. The molecule has 0 aromatic rings. The summed E-state index contributed by atoms with van der Waals surface area (Å²) >= 11 is 3.40. The summed E-state index contributed by atoms with van der Waals surface area (Å²) in [5.74, 6) is 1.18. The van der Waals surface area contributed by atoms with E-state index < -0.39 is 11.8 Å². The Bertz CT molecular complexity index is 636. The number of rotatable bonds is 2. The molecular formula is C23H36BrFO2. The number of hydrogen-bond acceptors (Lipinski definition) is 2. The molecule has 0 bridgehead atoms. The maximum absolute atomic E-state index is 15.5. The van der Waals surface area contributed by atoms with Crippen LogP contribution >= 0.6 is 15.9 Å². The summed E-state index contributed by atoms with van der Waals surface area (Å²) in [7, 11) is 0. The van der Waals surface area contributed by atoms with E-state index in [-0.39, 0.29) is 28.1 Å². The molecule has 9 atom stereocenters. The third-order valence-corrected chi connectivity index (χ3v) is 10.8. The van der Waals surface area contributed by atoms with Crippen molar-refractivity contribution in [2.75, 3.05) is 5.33 Å². The first-order valence-electron chi connectivity index (χ1n) is 10.9. The minimum absolute atomic E-state index is 0.00401. The van der Waals surface area contributed by atoms with Gasteiger partial charge in [0.1, 0.15) is 12.0 Å². The third kappa shape index (κ3) is 2.67. The smallest absolute Gasteiger partial charge is 0.147 e. The summed E-state index contributed by atoms with van der Waals surface area (Å²) < 4.78 is 15.5. The fourth-order valence-corrected chi connectivity index (χ4v) is 8.91. The van der Waals surface area contributed by atoms with Gasteiger partial charge < -0.3 is 5.11 Å². The highest BCUT2D eigenvalue weighted by Crippen LogP contribution is 2.74. The molecule has 0 aromatic carbocycles. The van der Waals surface area contributed by atoms with Gasteiger partial charge in [-0.2, -0.15) is 0 Å². The first kappa shape index (κ1) is 20.3. The first-order chi connectivity index (χ1) is 12.5. The highest BCUT2D eigenvalue weighted by atomic mass is 79.9. The zero-order chi connectivity index (χ0) is 19.8. The number of halogens is 2. The van der Waals surface area contributed by atoms with E-state index in [1.54, 1.807) is 0 Å². The molecule has 4 fully saturated rings. The summed E-state index contributed by atoms with van der Waals surface area (Å²) in [6, 6.07) is 0. The molecule has 0 amide bonds. The molecule has 0 aromatic heterocycles. The molecule has 4 rings (SSSR count). The Morgan fingerprint density at radius 1 is 1.07 bits per heavy atom. The summed E-state index contributed by atoms with van der Waals surface area (Å²) in [5, 5.41) is 11.0. The molecule has 4 heteroatoms. The SMILES string of the molecule is C[C@@]1(O)CC[C@H]2[C@H](C1)[C@H](F)C[C@@H]1[C@]2(C)CC[C@]2(C)[C@@H](C(=O)CBr)CC[C@@]12C. The maximum Gasteiger partial charge on any atom is 0.147 e. The number of aliphatic hydroxyl groups is 1. The molecule has 0 aliphatic heterocycles. The molecule has 4 aliphatic rings. The Balaban J connectivity index is 1.70. The van der Waals surface area contributed by atoms with Crippen LogP contribution in [0, 0.1) is 39.9 Å². The van der Waals surface area contributed by atoms with Crippen molar-refractivity contribution in [2.24, 2.45) is 39.9 Å². The van der Waals surface area contributed by atoms with E-state index in [2.05, 4.69) is 36.7 Å². The monoisotopic (exact) mass is 442 g/mol. The average molecular weight is 443 g/mol. The predicted octanol–water partition coefficient (Wildman–Crippen LogP) is 5.70. The topological polar surface area (TPSA) is 37.3 Å². The van der Waals surface area contributed by atoms with Crippen molar-refractivity contribution in [3.05, 3.63) is 0 Å². The number of Topliss-reactive ketones (excluding diaryl/α,β-unsaturated/α-hetero) is 1. The van der Waals surface area contributed by atoms with Crippen LogP contribution < -0.4 is 0 Å². The number of alkyl halides is 2. The van der Waals surface area contributed by atoms with Crippen LogP contribution in [-0.4, -0.2) is 28.0 Å². The van der Waals surface area contributed by atoms with Gasteiger partial charge in [0.15, 0.2) is 0 Å². The zero-order valence-electron chi connectivity index (χ0n) is 17.4. The molecule has 2 nitrogen and oxygen atoms in total. The minimum atomic E-state index is -0.815.